The van der Waals surface area contributed by atoms with E-state index in [1.165, 1.54) is 9.80 Å². The fourth-order valence-electron chi connectivity index (χ4n) is 5.20. The summed E-state index contributed by atoms with van der Waals surface area (Å²) in [4.78, 5) is 54.7. The molecule has 3 atom stereocenters. The number of amides is 3. The second-order valence-corrected chi connectivity index (χ2v) is 9.65. The molecule has 200 valence electrons. The van der Waals surface area contributed by atoms with Crippen LogP contribution >= 0.6 is 0 Å². The molecule has 9 nitrogen and oxygen atoms in total. The SMILES string of the molecule is O=C(N[C@H]1C/C=C\C[C@H]2C(C(=O)O)N(C(=O)OCc3ccccc3)CCN2C1=O)c1ccc2ccccc2c1. The molecule has 0 saturated carbocycles. The van der Waals surface area contributed by atoms with Crippen LogP contribution in [0.5, 0.6) is 0 Å². The van der Waals surface area contributed by atoms with Crippen LogP contribution in [0.15, 0.2) is 84.9 Å². The van der Waals surface area contributed by atoms with Crippen LogP contribution in [0.1, 0.15) is 28.8 Å². The number of ether oxygens (including phenoxy) is 1. The number of nitrogens with zero attached hydrogens (tertiary/aromatic N) is 2. The highest BCUT2D eigenvalue weighted by Crippen LogP contribution is 2.26. The summed E-state index contributed by atoms with van der Waals surface area (Å²) in [5.74, 6) is -1.98. The minimum atomic E-state index is -1.29. The standard InChI is InChI=1S/C30H29N3O6/c34-27(23-15-14-21-10-4-5-11-22(21)18-23)31-24-12-6-7-13-25-26(29(36)37)33(17-16-32(25)28(24)35)30(38)39-19-20-8-2-1-3-9-20/h1-11,14-15,18,24-26H,12-13,16-17,19H2,(H,31,34)(H,36,37)/b7-6-/t24-,25-,26?/m0/s1. The maximum Gasteiger partial charge on any atom is 0.410 e. The molecular formula is C30H29N3O6. The number of benzene rings is 3. The molecule has 2 N–H and O–H groups in total. The van der Waals surface area contributed by atoms with Crippen LogP contribution in [0, 0.1) is 0 Å². The Morgan fingerprint density at radius 3 is 2.38 bits per heavy atom. The average molecular weight is 528 g/mol. The number of carboxylic acid groups (broad SMARTS) is 1. The molecule has 3 amide bonds. The van der Waals surface area contributed by atoms with Gasteiger partial charge in [0, 0.05) is 18.7 Å². The fourth-order valence-corrected chi connectivity index (χ4v) is 5.20. The Morgan fingerprint density at radius 2 is 1.62 bits per heavy atom. The van der Waals surface area contributed by atoms with E-state index >= 15 is 0 Å². The topological polar surface area (TPSA) is 116 Å². The smallest absolute Gasteiger partial charge is 0.410 e. The summed E-state index contributed by atoms with van der Waals surface area (Å²) in [6, 6.07) is 19.2. The first-order valence-corrected chi connectivity index (χ1v) is 12.9. The molecule has 39 heavy (non-hydrogen) atoms. The van der Waals surface area contributed by atoms with Gasteiger partial charge in [0.05, 0.1) is 6.04 Å². The maximum atomic E-state index is 13.6. The van der Waals surface area contributed by atoms with E-state index in [1.807, 2.05) is 60.7 Å². The van der Waals surface area contributed by atoms with Gasteiger partial charge < -0.3 is 20.1 Å². The summed E-state index contributed by atoms with van der Waals surface area (Å²) in [6.07, 6.45) is 3.36. The van der Waals surface area contributed by atoms with Crippen molar-refractivity contribution in [1.29, 1.82) is 0 Å². The van der Waals surface area contributed by atoms with Crippen LogP contribution in [-0.4, -0.2) is 70.0 Å². The lowest BCUT2D eigenvalue weighted by Crippen LogP contribution is -2.67. The van der Waals surface area contributed by atoms with Gasteiger partial charge in [0.1, 0.15) is 12.6 Å². The van der Waals surface area contributed by atoms with E-state index in [9.17, 15) is 24.3 Å². The Morgan fingerprint density at radius 1 is 0.897 bits per heavy atom. The second kappa shape index (κ2) is 11.4. The minimum absolute atomic E-state index is 0.00187. The summed E-state index contributed by atoms with van der Waals surface area (Å²) >= 11 is 0. The van der Waals surface area contributed by atoms with Crippen molar-refractivity contribution >= 4 is 34.6 Å². The quantitative estimate of drug-likeness (QED) is 0.490. The van der Waals surface area contributed by atoms with Crippen molar-refractivity contribution < 1.29 is 29.0 Å². The van der Waals surface area contributed by atoms with Crippen molar-refractivity contribution in [2.24, 2.45) is 0 Å². The van der Waals surface area contributed by atoms with Crippen LogP contribution in [0.2, 0.25) is 0 Å². The Bertz CT molecular complexity index is 1420. The van der Waals surface area contributed by atoms with E-state index in [1.54, 1.807) is 24.3 Å². The van der Waals surface area contributed by atoms with Crippen molar-refractivity contribution in [1.82, 2.24) is 15.1 Å². The third-order valence-corrected chi connectivity index (χ3v) is 7.19. The zero-order valence-electron chi connectivity index (χ0n) is 21.2. The van der Waals surface area contributed by atoms with Gasteiger partial charge in [-0.05, 0) is 41.3 Å². The third-order valence-electron chi connectivity index (χ3n) is 7.19. The highest BCUT2D eigenvalue weighted by Gasteiger charge is 2.46. The Labute approximate surface area is 225 Å². The third kappa shape index (κ3) is 5.62. The lowest BCUT2D eigenvalue weighted by Gasteiger charge is -2.46. The van der Waals surface area contributed by atoms with Crippen LogP contribution in [-0.2, 0) is 20.9 Å². The molecule has 1 saturated heterocycles. The lowest BCUT2D eigenvalue weighted by atomic mass is 9.94. The Balaban J connectivity index is 1.31. The van der Waals surface area contributed by atoms with Gasteiger partial charge in [0.2, 0.25) is 5.91 Å². The Hall–Kier alpha value is -4.66. The van der Waals surface area contributed by atoms with Crippen LogP contribution in [0.4, 0.5) is 4.79 Å². The molecular weight excluding hydrogens is 498 g/mol. The number of hydrogen-bond donors (Lipinski definition) is 2. The normalized spacial score (nSPS) is 21.8. The first-order valence-electron chi connectivity index (χ1n) is 12.9. The summed E-state index contributed by atoms with van der Waals surface area (Å²) < 4.78 is 5.41. The summed E-state index contributed by atoms with van der Waals surface area (Å²) in [5.41, 5.74) is 1.21. The van der Waals surface area contributed by atoms with E-state index < -0.39 is 30.2 Å². The van der Waals surface area contributed by atoms with Crippen molar-refractivity contribution in [3.05, 3.63) is 96.1 Å². The number of carbonyl (C=O) groups is 4. The molecule has 0 radical (unpaired) electrons. The molecule has 1 fully saturated rings. The molecule has 9 heteroatoms. The van der Waals surface area contributed by atoms with Crippen molar-refractivity contribution in [2.45, 2.75) is 37.6 Å². The van der Waals surface area contributed by atoms with Crippen molar-refractivity contribution in [3.63, 3.8) is 0 Å². The Kier molecular flexibility index (Phi) is 7.58. The number of fused-ring (bicyclic) bond motifs is 2. The first-order chi connectivity index (χ1) is 18.9. The molecule has 3 aromatic carbocycles. The van der Waals surface area contributed by atoms with Gasteiger partial charge in [0.15, 0.2) is 6.04 Å². The van der Waals surface area contributed by atoms with Gasteiger partial charge >= 0.3 is 12.1 Å². The molecule has 0 aliphatic carbocycles. The zero-order chi connectivity index (χ0) is 27.4. The second-order valence-electron chi connectivity index (χ2n) is 9.65. The van der Waals surface area contributed by atoms with Gasteiger partial charge in [-0.2, -0.15) is 0 Å². The number of nitrogens with one attached hydrogen (secondary N) is 1. The van der Waals surface area contributed by atoms with Gasteiger partial charge in [0.25, 0.3) is 5.91 Å². The van der Waals surface area contributed by atoms with E-state index in [-0.39, 0.29) is 44.4 Å². The maximum absolute atomic E-state index is 13.6. The van der Waals surface area contributed by atoms with Gasteiger partial charge in [-0.3, -0.25) is 14.5 Å². The molecule has 3 aromatic rings. The number of carbonyl (C=O) groups excluding carboxylic acids is 3. The van der Waals surface area contributed by atoms with E-state index in [2.05, 4.69) is 5.32 Å². The minimum Gasteiger partial charge on any atom is -0.480 e. The highest BCUT2D eigenvalue weighted by molar-refractivity contribution is 6.01. The van der Waals surface area contributed by atoms with E-state index in [0.29, 0.717) is 5.56 Å². The molecule has 0 aromatic heterocycles. The van der Waals surface area contributed by atoms with E-state index in [0.717, 1.165) is 16.3 Å². The molecule has 2 heterocycles. The molecule has 0 spiro atoms. The van der Waals surface area contributed by atoms with Crippen molar-refractivity contribution in [2.75, 3.05) is 13.1 Å². The number of aliphatic carboxylic acids is 1. The summed E-state index contributed by atoms with van der Waals surface area (Å²) in [5, 5.41) is 14.8. The van der Waals surface area contributed by atoms with Crippen LogP contribution < -0.4 is 5.32 Å². The van der Waals surface area contributed by atoms with Crippen LogP contribution in [0.3, 0.4) is 0 Å². The molecule has 2 aliphatic rings. The highest BCUT2D eigenvalue weighted by atomic mass is 16.6. The number of rotatable bonds is 5. The number of piperazine rings is 1. The van der Waals surface area contributed by atoms with Crippen molar-refractivity contribution in [3.8, 4) is 0 Å². The predicted molar refractivity (Wildman–Crippen MR) is 144 cm³/mol. The molecule has 2 aliphatic heterocycles. The van der Waals surface area contributed by atoms with Crippen LogP contribution in [0.25, 0.3) is 10.8 Å². The van der Waals surface area contributed by atoms with E-state index in [4.69, 9.17) is 4.74 Å². The predicted octanol–water partition coefficient (Wildman–Crippen LogP) is 3.59. The number of hydrogen-bond acceptors (Lipinski definition) is 5. The molecule has 5 rings (SSSR count). The number of carboxylic acids is 1. The van der Waals surface area contributed by atoms with Gasteiger partial charge in [-0.1, -0.05) is 72.8 Å². The zero-order valence-corrected chi connectivity index (χ0v) is 21.2. The first kappa shape index (κ1) is 26.0. The van der Waals surface area contributed by atoms with Gasteiger partial charge in [-0.15, -0.1) is 0 Å². The largest absolute Gasteiger partial charge is 0.480 e. The molecule has 0 bridgehead atoms. The summed E-state index contributed by atoms with van der Waals surface area (Å²) in [6.45, 7) is 0.143. The van der Waals surface area contributed by atoms with Gasteiger partial charge in [-0.25, -0.2) is 9.59 Å². The molecule has 1 unspecified atom stereocenters. The monoisotopic (exact) mass is 527 g/mol. The average Bonchev–Trinajstić information content (AvgIpc) is 2.95. The summed E-state index contributed by atoms with van der Waals surface area (Å²) in [7, 11) is 0. The lowest BCUT2D eigenvalue weighted by molar-refractivity contribution is -0.153. The fraction of sp³-hybridized carbons (Fsp3) is 0.267.